The van der Waals surface area contributed by atoms with Crippen molar-refractivity contribution >= 4 is 23.4 Å². The zero-order valence-electron chi connectivity index (χ0n) is 15.7. The SMILES string of the molecule is NC(=O)c1c(-c2cccc(Cl)c2)nn2c1CN(C(=O)CCC1CC(F)(F)C1)CC2. The van der Waals surface area contributed by atoms with Gasteiger partial charge in [0.2, 0.25) is 11.8 Å². The van der Waals surface area contributed by atoms with Crippen molar-refractivity contribution in [2.24, 2.45) is 11.7 Å². The molecule has 0 bridgehead atoms. The lowest BCUT2D eigenvalue weighted by Crippen LogP contribution is -2.40. The molecular weight excluding hydrogens is 402 g/mol. The summed E-state index contributed by atoms with van der Waals surface area (Å²) in [5.41, 5.74) is 7.62. The zero-order valence-corrected chi connectivity index (χ0v) is 16.5. The van der Waals surface area contributed by atoms with Crippen LogP contribution in [0.25, 0.3) is 11.3 Å². The first-order chi connectivity index (χ1) is 13.7. The van der Waals surface area contributed by atoms with Crippen LogP contribution in [0.1, 0.15) is 41.7 Å². The van der Waals surface area contributed by atoms with Crippen LogP contribution in [0.5, 0.6) is 0 Å². The lowest BCUT2D eigenvalue weighted by Gasteiger charge is -2.35. The lowest BCUT2D eigenvalue weighted by molar-refractivity contribution is -0.136. The molecule has 154 valence electrons. The van der Waals surface area contributed by atoms with E-state index in [0.29, 0.717) is 41.5 Å². The predicted molar refractivity (Wildman–Crippen MR) is 104 cm³/mol. The van der Waals surface area contributed by atoms with E-state index in [2.05, 4.69) is 5.10 Å². The number of halogens is 3. The van der Waals surface area contributed by atoms with Gasteiger partial charge in [-0.1, -0.05) is 23.7 Å². The molecule has 1 aliphatic carbocycles. The molecule has 1 aromatic heterocycles. The van der Waals surface area contributed by atoms with E-state index in [4.69, 9.17) is 17.3 Å². The number of amides is 2. The number of aromatic nitrogens is 2. The van der Waals surface area contributed by atoms with Crippen molar-refractivity contribution in [3.8, 4) is 11.3 Å². The van der Waals surface area contributed by atoms with Crippen molar-refractivity contribution in [3.05, 3.63) is 40.5 Å². The van der Waals surface area contributed by atoms with Gasteiger partial charge >= 0.3 is 0 Å². The molecule has 2 aliphatic rings. The van der Waals surface area contributed by atoms with Gasteiger partial charge in [0.05, 0.1) is 24.3 Å². The molecule has 2 N–H and O–H groups in total. The summed E-state index contributed by atoms with van der Waals surface area (Å²) in [4.78, 5) is 26.4. The minimum Gasteiger partial charge on any atom is -0.365 e. The second-order valence-corrected chi connectivity index (χ2v) is 8.19. The fourth-order valence-electron chi connectivity index (χ4n) is 4.10. The van der Waals surface area contributed by atoms with Gasteiger partial charge in [-0.05, 0) is 24.5 Å². The summed E-state index contributed by atoms with van der Waals surface area (Å²) in [6.45, 7) is 1.09. The smallest absolute Gasteiger partial charge is 0.252 e. The largest absolute Gasteiger partial charge is 0.365 e. The summed E-state index contributed by atoms with van der Waals surface area (Å²) >= 11 is 6.06. The molecule has 6 nitrogen and oxygen atoms in total. The van der Waals surface area contributed by atoms with Crippen LogP contribution in [-0.2, 0) is 17.9 Å². The second-order valence-electron chi connectivity index (χ2n) is 7.75. The summed E-state index contributed by atoms with van der Waals surface area (Å²) < 4.78 is 27.6. The molecule has 1 fully saturated rings. The van der Waals surface area contributed by atoms with E-state index >= 15 is 0 Å². The van der Waals surface area contributed by atoms with Gasteiger partial charge in [-0.25, -0.2) is 8.78 Å². The van der Waals surface area contributed by atoms with Crippen molar-refractivity contribution in [3.63, 3.8) is 0 Å². The Labute approximate surface area is 171 Å². The maximum Gasteiger partial charge on any atom is 0.252 e. The molecule has 4 rings (SSSR count). The molecule has 2 aromatic rings. The van der Waals surface area contributed by atoms with Crippen LogP contribution < -0.4 is 5.73 Å². The number of hydrogen-bond donors (Lipinski definition) is 1. The first kappa shape index (κ1) is 19.8. The van der Waals surface area contributed by atoms with Crippen LogP contribution in [0.3, 0.4) is 0 Å². The average Bonchev–Trinajstić information content (AvgIpc) is 3.03. The predicted octanol–water partition coefficient (Wildman–Crippen LogP) is 3.47. The first-order valence-corrected chi connectivity index (χ1v) is 9.92. The van der Waals surface area contributed by atoms with Gasteiger partial charge in [-0.15, -0.1) is 0 Å². The van der Waals surface area contributed by atoms with Crippen LogP contribution in [0, 0.1) is 5.92 Å². The summed E-state index contributed by atoms with van der Waals surface area (Å²) in [7, 11) is 0. The topological polar surface area (TPSA) is 81.2 Å². The van der Waals surface area contributed by atoms with Gasteiger partial charge < -0.3 is 10.6 Å². The molecule has 2 amide bonds. The second kappa shape index (κ2) is 7.40. The van der Waals surface area contributed by atoms with E-state index in [1.165, 1.54) is 0 Å². The maximum atomic E-state index is 13.0. The summed E-state index contributed by atoms with van der Waals surface area (Å²) in [6.07, 6.45) is 0.409. The number of nitrogens with two attached hydrogens (primary N) is 1. The molecule has 1 saturated carbocycles. The fourth-order valence-corrected chi connectivity index (χ4v) is 4.29. The number of carbonyl (C=O) groups is 2. The molecule has 2 heterocycles. The van der Waals surface area contributed by atoms with E-state index in [0.717, 1.165) is 0 Å². The van der Waals surface area contributed by atoms with E-state index in [9.17, 15) is 18.4 Å². The first-order valence-electron chi connectivity index (χ1n) is 9.54. The number of alkyl halides is 2. The molecule has 9 heteroatoms. The average molecular weight is 423 g/mol. The third kappa shape index (κ3) is 3.99. The highest BCUT2D eigenvalue weighted by Crippen LogP contribution is 2.44. The number of hydrogen-bond acceptors (Lipinski definition) is 3. The molecule has 0 radical (unpaired) electrons. The van der Waals surface area contributed by atoms with Gasteiger partial charge in [-0.3, -0.25) is 14.3 Å². The normalized spacial score (nSPS) is 18.2. The van der Waals surface area contributed by atoms with E-state index in [1.807, 2.05) is 0 Å². The Morgan fingerprint density at radius 3 is 2.69 bits per heavy atom. The highest BCUT2D eigenvalue weighted by atomic mass is 35.5. The van der Waals surface area contributed by atoms with Crippen molar-refractivity contribution in [2.75, 3.05) is 6.54 Å². The van der Waals surface area contributed by atoms with E-state index in [-0.39, 0.29) is 43.2 Å². The van der Waals surface area contributed by atoms with E-state index in [1.54, 1.807) is 33.8 Å². The zero-order chi connectivity index (χ0) is 20.8. The van der Waals surface area contributed by atoms with Crippen molar-refractivity contribution < 1.29 is 18.4 Å². The molecule has 1 aliphatic heterocycles. The maximum absolute atomic E-state index is 13.0. The van der Waals surface area contributed by atoms with Crippen LogP contribution in [0.4, 0.5) is 8.78 Å². The Morgan fingerprint density at radius 2 is 2.03 bits per heavy atom. The number of rotatable bonds is 5. The molecule has 29 heavy (non-hydrogen) atoms. The number of primary amides is 1. The Hall–Kier alpha value is -2.48. The van der Waals surface area contributed by atoms with Crippen LogP contribution in [-0.4, -0.2) is 39.0 Å². The number of nitrogens with zero attached hydrogens (tertiary/aromatic N) is 3. The monoisotopic (exact) mass is 422 g/mol. The molecule has 0 unspecified atom stereocenters. The van der Waals surface area contributed by atoms with Gasteiger partial charge in [0.25, 0.3) is 5.91 Å². The quantitative estimate of drug-likeness (QED) is 0.801. The molecule has 1 aromatic carbocycles. The summed E-state index contributed by atoms with van der Waals surface area (Å²) in [6, 6.07) is 6.99. The fraction of sp³-hybridized carbons (Fsp3) is 0.450. The van der Waals surface area contributed by atoms with Gasteiger partial charge in [-0.2, -0.15) is 5.10 Å². The Kier molecular flexibility index (Phi) is 5.06. The molecular formula is C20H21ClF2N4O2. The number of fused-ring (bicyclic) bond motifs is 1. The standard InChI is InChI=1S/C20H21ClF2N4O2/c21-14-3-1-2-13(8-14)18-17(19(24)29)15-11-26(6-7-27(15)25-18)16(28)5-4-12-9-20(22,23)10-12/h1-3,8,12H,4-7,9-11H2,(H2,24,29). The third-order valence-corrected chi connectivity index (χ3v) is 5.85. The van der Waals surface area contributed by atoms with Crippen LogP contribution in [0.2, 0.25) is 5.02 Å². The van der Waals surface area contributed by atoms with Gasteiger partial charge in [0.15, 0.2) is 0 Å². The minimum atomic E-state index is -2.57. The molecule has 0 spiro atoms. The van der Waals surface area contributed by atoms with Crippen molar-refractivity contribution in [1.29, 1.82) is 0 Å². The number of benzene rings is 1. The van der Waals surface area contributed by atoms with Gasteiger partial charge in [0, 0.05) is 36.4 Å². The Bertz CT molecular complexity index is 967. The molecule has 0 atom stereocenters. The van der Waals surface area contributed by atoms with Crippen LogP contribution >= 0.6 is 11.6 Å². The highest BCUT2D eigenvalue weighted by Gasteiger charge is 2.45. The number of carbonyl (C=O) groups excluding carboxylic acids is 2. The Balaban J connectivity index is 1.51. The summed E-state index contributed by atoms with van der Waals surface area (Å²) in [5.74, 6) is -3.39. The highest BCUT2D eigenvalue weighted by molar-refractivity contribution is 6.30. The lowest BCUT2D eigenvalue weighted by atomic mass is 9.78. The molecule has 0 saturated heterocycles. The summed E-state index contributed by atoms with van der Waals surface area (Å²) in [5, 5.41) is 5.04. The Morgan fingerprint density at radius 1 is 1.28 bits per heavy atom. The van der Waals surface area contributed by atoms with Gasteiger partial charge in [0.1, 0.15) is 5.69 Å². The van der Waals surface area contributed by atoms with Crippen molar-refractivity contribution in [2.45, 2.75) is 44.7 Å². The van der Waals surface area contributed by atoms with Crippen molar-refractivity contribution in [1.82, 2.24) is 14.7 Å². The van der Waals surface area contributed by atoms with E-state index < -0.39 is 11.8 Å². The minimum absolute atomic E-state index is 0.0973. The third-order valence-electron chi connectivity index (χ3n) is 5.62. The van der Waals surface area contributed by atoms with Crippen LogP contribution in [0.15, 0.2) is 24.3 Å².